The molecule has 5 heteroatoms. The molecule has 0 aliphatic heterocycles. The van der Waals surface area contributed by atoms with Gasteiger partial charge in [0.2, 0.25) is 0 Å². The largest absolute Gasteiger partial charge is 0.479 e. The lowest BCUT2D eigenvalue weighted by Gasteiger charge is -2.26. The molecule has 20 heavy (non-hydrogen) atoms. The lowest BCUT2D eigenvalue weighted by molar-refractivity contribution is -0.139. The topological polar surface area (TPSA) is 61.4 Å². The average Bonchev–Trinajstić information content (AvgIpc) is 2.46. The van der Waals surface area contributed by atoms with E-state index in [2.05, 4.69) is 10.6 Å². The summed E-state index contributed by atoms with van der Waals surface area (Å²) in [6, 6.07) is 8.65. The number of nitrogens with one attached hydrogen (secondary N) is 2. The molecule has 1 aromatic rings. The van der Waals surface area contributed by atoms with Crippen molar-refractivity contribution in [2.75, 3.05) is 0 Å². The third kappa shape index (κ3) is 4.20. The van der Waals surface area contributed by atoms with Gasteiger partial charge >= 0.3 is 5.97 Å². The Morgan fingerprint density at radius 2 is 1.85 bits per heavy atom. The monoisotopic (exact) mass is 292 g/mol. The summed E-state index contributed by atoms with van der Waals surface area (Å²) in [6.45, 7) is 0. The maximum Gasteiger partial charge on any atom is 0.330 e. The van der Waals surface area contributed by atoms with Gasteiger partial charge in [0.05, 0.1) is 0 Å². The highest BCUT2D eigenvalue weighted by molar-refractivity contribution is 7.80. The molecular formula is C15H20N2O2S. The first-order valence-corrected chi connectivity index (χ1v) is 7.42. The molecule has 0 amide bonds. The number of carboxylic acid groups (broad SMARTS) is 1. The van der Waals surface area contributed by atoms with Crippen molar-refractivity contribution in [1.82, 2.24) is 10.6 Å². The van der Waals surface area contributed by atoms with Crippen molar-refractivity contribution in [2.45, 2.75) is 44.2 Å². The summed E-state index contributed by atoms with van der Waals surface area (Å²) in [7, 11) is 0. The van der Waals surface area contributed by atoms with E-state index < -0.39 is 12.0 Å². The smallest absolute Gasteiger partial charge is 0.330 e. The van der Waals surface area contributed by atoms with Gasteiger partial charge in [-0.05, 0) is 30.6 Å². The second kappa shape index (κ2) is 7.24. The van der Waals surface area contributed by atoms with Gasteiger partial charge in [0.25, 0.3) is 0 Å². The molecule has 0 radical (unpaired) electrons. The lowest BCUT2D eigenvalue weighted by atomic mass is 9.96. The van der Waals surface area contributed by atoms with Crippen LogP contribution in [0.4, 0.5) is 0 Å². The Hall–Kier alpha value is -1.62. The Morgan fingerprint density at radius 3 is 2.45 bits per heavy atom. The Kier molecular flexibility index (Phi) is 5.35. The number of rotatable bonds is 4. The van der Waals surface area contributed by atoms with Gasteiger partial charge < -0.3 is 15.7 Å². The molecule has 0 heterocycles. The van der Waals surface area contributed by atoms with Crippen molar-refractivity contribution in [3.63, 3.8) is 0 Å². The van der Waals surface area contributed by atoms with Crippen LogP contribution in [0.1, 0.15) is 43.7 Å². The number of carboxylic acids is 1. The van der Waals surface area contributed by atoms with E-state index in [1.807, 2.05) is 18.2 Å². The van der Waals surface area contributed by atoms with Gasteiger partial charge in [-0.1, -0.05) is 49.6 Å². The summed E-state index contributed by atoms with van der Waals surface area (Å²) in [5.74, 6) is -0.927. The van der Waals surface area contributed by atoms with Gasteiger partial charge in [0.1, 0.15) is 0 Å². The van der Waals surface area contributed by atoms with E-state index in [0.29, 0.717) is 16.7 Å². The van der Waals surface area contributed by atoms with E-state index in [1.165, 1.54) is 19.3 Å². The van der Waals surface area contributed by atoms with Crippen LogP contribution in [0.5, 0.6) is 0 Å². The number of hydrogen-bond acceptors (Lipinski definition) is 2. The Bertz CT molecular complexity index is 458. The molecule has 0 aromatic heterocycles. The highest BCUT2D eigenvalue weighted by Gasteiger charge is 2.21. The molecule has 1 aliphatic carbocycles. The molecule has 0 bridgehead atoms. The van der Waals surface area contributed by atoms with E-state index in [1.54, 1.807) is 12.1 Å². The van der Waals surface area contributed by atoms with Crippen molar-refractivity contribution in [1.29, 1.82) is 0 Å². The van der Waals surface area contributed by atoms with Crippen LogP contribution in [0.25, 0.3) is 0 Å². The molecule has 0 saturated heterocycles. The Morgan fingerprint density at radius 1 is 1.20 bits per heavy atom. The first-order valence-electron chi connectivity index (χ1n) is 7.01. The minimum atomic E-state index is -0.927. The predicted octanol–water partition coefficient (Wildman–Crippen LogP) is 2.61. The molecule has 1 saturated carbocycles. The van der Waals surface area contributed by atoms with E-state index in [9.17, 15) is 9.90 Å². The lowest BCUT2D eigenvalue weighted by Crippen LogP contribution is -2.45. The third-order valence-corrected chi connectivity index (χ3v) is 3.83. The highest BCUT2D eigenvalue weighted by Crippen LogP contribution is 2.18. The molecule has 3 N–H and O–H groups in total. The summed E-state index contributed by atoms with van der Waals surface area (Å²) >= 11 is 5.24. The molecule has 4 nitrogen and oxygen atoms in total. The van der Waals surface area contributed by atoms with Gasteiger partial charge in [-0.25, -0.2) is 4.79 Å². The van der Waals surface area contributed by atoms with E-state index in [-0.39, 0.29) is 0 Å². The van der Waals surface area contributed by atoms with Crippen LogP contribution in [-0.4, -0.2) is 22.2 Å². The third-order valence-electron chi connectivity index (χ3n) is 3.60. The molecule has 1 atom stereocenters. The van der Waals surface area contributed by atoms with Crippen LogP contribution in [0.3, 0.4) is 0 Å². The first-order chi connectivity index (χ1) is 9.66. The summed E-state index contributed by atoms with van der Waals surface area (Å²) in [6.07, 6.45) is 5.90. The maximum atomic E-state index is 11.4. The van der Waals surface area contributed by atoms with Crippen molar-refractivity contribution in [2.24, 2.45) is 0 Å². The van der Waals surface area contributed by atoms with Crippen molar-refractivity contribution in [3.05, 3.63) is 35.9 Å². The van der Waals surface area contributed by atoms with Crippen LogP contribution in [0, 0.1) is 0 Å². The number of benzene rings is 1. The molecular weight excluding hydrogens is 272 g/mol. The second-order valence-electron chi connectivity index (χ2n) is 5.13. The SMILES string of the molecule is O=C(O)[C@@H](NC(=S)NC1CCCCC1)c1ccccc1. The average molecular weight is 292 g/mol. The molecule has 1 aliphatic rings. The molecule has 2 rings (SSSR count). The van der Waals surface area contributed by atoms with E-state index in [0.717, 1.165) is 12.8 Å². The van der Waals surface area contributed by atoms with E-state index >= 15 is 0 Å². The fraction of sp³-hybridized carbons (Fsp3) is 0.467. The molecule has 0 unspecified atom stereocenters. The minimum absolute atomic E-state index is 0.369. The quantitative estimate of drug-likeness (QED) is 0.745. The number of thiocarbonyl (C=S) groups is 1. The second-order valence-corrected chi connectivity index (χ2v) is 5.54. The zero-order valence-corrected chi connectivity index (χ0v) is 12.2. The highest BCUT2D eigenvalue weighted by atomic mass is 32.1. The molecule has 0 spiro atoms. The van der Waals surface area contributed by atoms with Crippen molar-refractivity contribution >= 4 is 23.3 Å². The molecule has 1 aromatic carbocycles. The van der Waals surface area contributed by atoms with Crippen LogP contribution >= 0.6 is 12.2 Å². The zero-order chi connectivity index (χ0) is 14.4. The number of carbonyl (C=O) groups is 1. The minimum Gasteiger partial charge on any atom is -0.479 e. The van der Waals surface area contributed by atoms with Gasteiger partial charge in [-0.3, -0.25) is 0 Å². The van der Waals surface area contributed by atoms with Gasteiger partial charge in [-0.2, -0.15) is 0 Å². The first kappa shape index (κ1) is 14.8. The predicted molar refractivity (Wildman–Crippen MR) is 82.6 cm³/mol. The van der Waals surface area contributed by atoms with Crippen molar-refractivity contribution in [3.8, 4) is 0 Å². The van der Waals surface area contributed by atoms with Gasteiger partial charge in [-0.15, -0.1) is 0 Å². The van der Waals surface area contributed by atoms with Crippen LogP contribution < -0.4 is 10.6 Å². The fourth-order valence-electron chi connectivity index (χ4n) is 2.54. The zero-order valence-electron chi connectivity index (χ0n) is 11.3. The summed E-state index contributed by atoms with van der Waals surface area (Å²) in [5.41, 5.74) is 0.702. The van der Waals surface area contributed by atoms with Crippen LogP contribution in [0.15, 0.2) is 30.3 Å². The summed E-state index contributed by atoms with van der Waals surface area (Å²) < 4.78 is 0. The Balaban J connectivity index is 1.94. The summed E-state index contributed by atoms with van der Waals surface area (Å²) in [4.78, 5) is 11.4. The Labute approximate surface area is 124 Å². The fourth-order valence-corrected chi connectivity index (χ4v) is 2.82. The number of hydrogen-bond donors (Lipinski definition) is 3. The maximum absolute atomic E-state index is 11.4. The standard InChI is InChI=1S/C15H20N2O2S/c18-14(19)13(11-7-3-1-4-8-11)17-15(20)16-12-9-5-2-6-10-12/h1,3-4,7-8,12-13H,2,5-6,9-10H2,(H,18,19)(H2,16,17,20)/t13-/m0/s1. The molecule has 1 fully saturated rings. The van der Waals surface area contributed by atoms with Crippen LogP contribution in [-0.2, 0) is 4.79 Å². The van der Waals surface area contributed by atoms with Gasteiger partial charge in [0.15, 0.2) is 11.2 Å². The summed E-state index contributed by atoms with van der Waals surface area (Å²) in [5, 5.41) is 15.9. The van der Waals surface area contributed by atoms with Gasteiger partial charge in [0, 0.05) is 6.04 Å². The van der Waals surface area contributed by atoms with E-state index in [4.69, 9.17) is 12.2 Å². The molecule has 108 valence electrons. The normalized spacial score (nSPS) is 17.2. The van der Waals surface area contributed by atoms with Crippen LogP contribution in [0.2, 0.25) is 0 Å². The van der Waals surface area contributed by atoms with Crippen molar-refractivity contribution < 1.29 is 9.90 Å². The number of aliphatic carboxylic acids is 1.